The molecule has 6 nitrogen and oxygen atoms in total. The number of fused-ring (bicyclic) bond motifs is 11. The van der Waals surface area contributed by atoms with Gasteiger partial charge in [0.05, 0.1) is 22.1 Å². The summed E-state index contributed by atoms with van der Waals surface area (Å²) in [5, 5.41) is 14.6. The Balaban J connectivity index is 1.33. The maximum Gasteiger partial charge on any atom is 0.206 e. The Morgan fingerprint density at radius 2 is 1.12 bits per heavy atom. The average Bonchev–Trinajstić information content (AvgIpc) is 3.86. The number of rotatable bonds is 3. The molecule has 0 spiro atoms. The molecule has 10 aromatic rings. The molecule has 242 valence electrons. The highest BCUT2D eigenvalue weighted by Crippen LogP contribution is 2.44. The SMILES string of the molecule is c1ccc(C2N=C(n3c4ccc5oc6ccccc6c5c4c4ccc5c6ccccc6n(-c6ccccc6)c5c43)NC(c3ccccc3)N2)cc1. The fourth-order valence-corrected chi connectivity index (χ4v) is 8.20. The molecule has 3 aromatic heterocycles. The molecule has 6 heteroatoms. The van der Waals surface area contributed by atoms with Crippen molar-refractivity contribution in [3.05, 3.63) is 175 Å². The van der Waals surface area contributed by atoms with Crippen LogP contribution in [0.5, 0.6) is 0 Å². The molecular formula is C45H31N5O. The lowest BCUT2D eigenvalue weighted by Crippen LogP contribution is -2.47. The van der Waals surface area contributed by atoms with Gasteiger partial charge in [0.25, 0.3) is 0 Å². The molecular weight excluding hydrogens is 627 g/mol. The summed E-state index contributed by atoms with van der Waals surface area (Å²) in [6.07, 6.45) is -0.466. The molecule has 2 unspecified atom stereocenters. The molecule has 0 fully saturated rings. The number of para-hydroxylation sites is 3. The molecule has 51 heavy (non-hydrogen) atoms. The van der Waals surface area contributed by atoms with Crippen LogP contribution in [0, 0.1) is 0 Å². The minimum absolute atomic E-state index is 0.186. The molecule has 0 bridgehead atoms. The van der Waals surface area contributed by atoms with Crippen LogP contribution in [0.15, 0.2) is 173 Å². The second-order valence-electron chi connectivity index (χ2n) is 13.2. The molecule has 1 aliphatic heterocycles. The van der Waals surface area contributed by atoms with Crippen molar-refractivity contribution in [3.63, 3.8) is 0 Å². The van der Waals surface area contributed by atoms with Crippen molar-refractivity contribution < 1.29 is 4.42 Å². The fraction of sp³-hybridized carbons (Fsp3) is 0.0444. The maximum absolute atomic E-state index is 6.47. The number of furan rings is 1. The lowest BCUT2D eigenvalue weighted by Gasteiger charge is -2.32. The minimum atomic E-state index is -0.280. The van der Waals surface area contributed by atoms with Gasteiger partial charge in [-0.3, -0.25) is 9.88 Å². The maximum atomic E-state index is 6.47. The second kappa shape index (κ2) is 10.9. The van der Waals surface area contributed by atoms with Gasteiger partial charge in [0.1, 0.15) is 23.5 Å². The van der Waals surface area contributed by atoms with Crippen LogP contribution in [-0.2, 0) is 0 Å². The van der Waals surface area contributed by atoms with E-state index in [2.05, 4.69) is 177 Å². The van der Waals surface area contributed by atoms with Gasteiger partial charge in [-0.05, 0) is 47.5 Å². The number of hydrogen-bond acceptors (Lipinski definition) is 4. The molecule has 4 heterocycles. The molecule has 0 amide bonds. The van der Waals surface area contributed by atoms with Crippen molar-refractivity contribution >= 4 is 71.5 Å². The van der Waals surface area contributed by atoms with E-state index < -0.39 is 0 Å². The first-order valence-corrected chi connectivity index (χ1v) is 17.4. The Morgan fingerprint density at radius 1 is 0.471 bits per heavy atom. The van der Waals surface area contributed by atoms with Crippen molar-refractivity contribution in [2.75, 3.05) is 0 Å². The van der Waals surface area contributed by atoms with E-state index in [-0.39, 0.29) is 12.3 Å². The number of aromatic nitrogens is 2. The summed E-state index contributed by atoms with van der Waals surface area (Å²) in [4.78, 5) is 5.49. The van der Waals surface area contributed by atoms with Crippen LogP contribution in [0.2, 0.25) is 0 Å². The topological polar surface area (TPSA) is 59.4 Å². The van der Waals surface area contributed by atoms with Crippen molar-refractivity contribution in [1.29, 1.82) is 0 Å². The number of nitrogens with one attached hydrogen (secondary N) is 2. The highest BCUT2D eigenvalue weighted by molar-refractivity contribution is 6.33. The summed E-state index contributed by atoms with van der Waals surface area (Å²) >= 11 is 0. The molecule has 0 saturated carbocycles. The Morgan fingerprint density at radius 3 is 1.92 bits per heavy atom. The highest BCUT2D eigenvalue weighted by Gasteiger charge is 2.30. The Labute approximate surface area is 292 Å². The normalized spacial score (nSPS) is 16.4. The van der Waals surface area contributed by atoms with Crippen molar-refractivity contribution in [3.8, 4) is 5.69 Å². The van der Waals surface area contributed by atoms with Crippen LogP contribution in [0.4, 0.5) is 0 Å². The Kier molecular flexibility index (Phi) is 6.05. The predicted molar refractivity (Wildman–Crippen MR) is 209 cm³/mol. The zero-order valence-corrected chi connectivity index (χ0v) is 27.5. The first kappa shape index (κ1) is 28.2. The smallest absolute Gasteiger partial charge is 0.206 e. The third-order valence-corrected chi connectivity index (χ3v) is 10.4. The lowest BCUT2D eigenvalue weighted by molar-refractivity contribution is 0.403. The first-order valence-electron chi connectivity index (χ1n) is 17.4. The number of aliphatic imine (C=N–C) groups is 1. The summed E-state index contributed by atoms with van der Waals surface area (Å²) in [6, 6.07) is 57.7. The van der Waals surface area contributed by atoms with Crippen LogP contribution < -0.4 is 10.6 Å². The van der Waals surface area contributed by atoms with Crippen molar-refractivity contribution in [1.82, 2.24) is 19.8 Å². The van der Waals surface area contributed by atoms with Crippen LogP contribution >= 0.6 is 0 Å². The van der Waals surface area contributed by atoms with E-state index in [1.165, 1.54) is 10.8 Å². The van der Waals surface area contributed by atoms with Gasteiger partial charge in [0, 0.05) is 38.0 Å². The van der Waals surface area contributed by atoms with E-state index in [0.717, 1.165) is 77.6 Å². The van der Waals surface area contributed by atoms with Gasteiger partial charge in [-0.2, -0.15) is 0 Å². The third kappa shape index (κ3) is 4.17. The lowest BCUT2D eigenvalue weighted by atomic mass is 10.0. The van der Waals surface area contributed by atoms with Gasteiger partial charge in [-0.15, -0.1) is 0 Å². The zero-order chi connectivity index (χ0) is 33.5. The second-order valence-corrected chi connectivity index (χ2v) is 13.2. The largest absolute Gasteiger partial charge is 0.456 e. The van der Waals surface area contributed by atoms with Gasteiger partial charge in [0.15, 0.2) is 0 Å². The van der Waals surface area contributed by atoms with Gasteiger partial charge < -0.3 is 14.3 Å². The van der Waals surface area contributed by atoms with E-state index in [9.17, 15) is 0 Å². The molecule has 1 aliphatic rings. The highest BCUT2D eigenvalue weighted by atomic mass is 16.3. The molecule has 0 radical (unpaired) electrons. The predicted octanol–water partition coefficient (Wildman–Crippen LogP) is 10.6. The summed E-state index contributed by atoms with van der Waals surface area (Å²) in [6.45, 7) is 0. The number of hydrogen-bond donors (Lipinski definition) is 2. The zero-order valence-electron chi connectivity index (χ0n) is 27.5. The summed E-state index contributed by atoms with van der Waals surface area (Å²) in [7, 11) is 0. The van der Waals surface area contributed by atoms with Gasteiger partial charge in [0.2, 0.25) is 5.96 Å². The average molecular weight is 658 g/mol. The molecule has 0 saturated heterocycles. The quantitative estimate of drug-likeness (QED) is 0.199. The summed E-state index contributed by atoms with van der Waals surface area (Å²) in [5.41, 5.74) is 9.54. The summed E-state index contributed by atoms with van der Waals surface area (Å²) < 4.78 is 11.2. The van der Waals surface area contributed by atoms with E-state index in [1.807, 2.05) is 6.07 Å². The van der Waals surface area contributed by atoms with E-state index >= 15 is 0 Å². The Hall–Kier alpha value is -6.63. The van der Waals surface area contributed by atoms with E-state index in [1.54, 1.807) is 0 Å². The molecule has 2 N–H and O–H groups in total. The molecule has 11 rings (SSSR count). The van der Waals surface area contributed by atoms with E-state index in [4.69, 9.17) is 9.41 Å². The van der Waals surface area contributed by atoms with Crippen LogP contribution in [0.25, 0.3) is 71.2 Å². The molecule has 0 aliphatic carbocycles. The van der Waals surface area contributed by atoms with Crippen molar-refractivity contribution in [2.24, 2.45) is 4.99 Å². The first-order chi connectivity index (χ1) is 25.3. The molecule has 7 aromatic carbocycles. The fourth-order valence-electron chi connectivity index (χ4n) is 8.20. The standard InChI is InChI=1S/C45H31N5O/c1-4-14-28(15-5-1)43-46-44(29-16-6-2-7-17-29)48-45(47-43)50-36-26-27-38-40(33-21-11-13-23-37(33)51-38)39(36)34-25-24-32-31-20-10-12-22-35(31)49(41(32)42(34)50)30-18-8-3-9-19-30/h1-27,43-44,46H,(H,47,48). The van der Waals surface area contributed by atoms with Crippen molar-refractivity contribution in [2.45, 2.75) is 12.3 Å². The number of nitrogens with zero attached hydrogens (tertiary/aromatic N) is 3. The summed E-state index contributed by atoms with van der Waals surface area (Å²) in [5.74, 6) is 0.779. The van der Waals surface area contributed by atoms with Crippen LogP contribution in [0.3, 0.4) is 0 Å². The van der Waals surface area contributed by atoms with E-state index in [0.29, 0.717) is 0 Å². The Bertz CT molecular complexity index is 2970. The third-order valence-electron chi connectivity index (χ3n) is 10.4. The van der Waals surface area contributed by atoms with Gasteiger partial charge >= 0.3 is 0 Å². The number of benzene rings is 7. The molecule has 2 atom stereocenters. The minimum Gasteiger partial charge on any atom is -0.456 e. The van der Waals surface area contributed by atoms with Gasteiger partial charge in [-0.25, -0.2) is 4.99 Å². The van der Waals surface area contributed by atoms with Crippen LogP contribution in [0.1, 0.15) is 23.5 Å². The monoisotopic (exact) mass is 657 g/mol. The van der Waals surface area contributed by atoms with Crippen LogP contribution in [-0.4, -0.2) is 15.1 Å². The van der Waals surface area contributed by atoms with Gasteiger partial charge in [-0.1, -0.05) is 127 Å².